The Morgan fingerprint density at radius 1 is 0.619 bits per heavy atom. The highest BCUT2D eigenvalue weighted by atomic mass is 32.2. The maximum atomic E-state index is 4.19. The molecule has 0 bridgehead atoms. The van der Waals surface area contributed by atoms with E-state index in [1.165, 1.54) is 31.3 Å². The average molecular weight is 288 g/mol. The number of nitrogens with zero attached hydrogens (tertiary/aromatic N) is 2. The predicted octanol–water partition coefficient (Wildman–Crippen LogP) is 4.93. The second-order valence-electron chi connectivity index (χ2n) is 4.81. The number of benzene rings is 2. The minimum Gasteiger partial charge on any atom is -0.264 e. The lowest BCUT2D eigenvalue weighted by atomic mass is 10.2. The Kier molecular flexibility index (Phi) is 3.05. The topological polar surface area (TPSA) is 25.8 Å². The van der Waals surface area contributed by atoms with Crippen molar-refractivity contribution < 1.29 is 0 Å². The highest BCUT2D eigenvalue weighted by Gasteiger charge is 2.06. The molecule has 0 radical (unpaired) electrons. The van der Waals surface area contributed by atoms with Gasteiger partial charge in [-0.2, -0.15) is 0 Å². The minimum absolute atomic E-state index is 1.17. The van der Waals surface area contributed by atoms with Crippen LogP contribution in [0.3, 0.4) is 0 Å². The van der Waals surface area contributed by atoms with Crippen molar-refractivity contribution in [2.24, 2.45) is 0 Å². The summed E-state index contributed by atoms with van der Waals surface area (Å²) in [4.78, 5) is 10.9. The van der Waals surface area contributed by atoms with E-state index in [-0.39, 0.29) is 0 Å². The third kappa shape index (κ3) is 2.26. The first-order valence-corrected chi connectivity index (χ1v) is 7.57. The van der Waals surface area contributed by atoms with Crippen LogP contribution in [0.4, 0.5) is 0 Å². The van der Waals surface area contributed by atoms with Gasteiger partial charge in [-0.15, -0.1) is 0 Å². The first-order chi connectivity index (χ1) is 10.4. The zero-order chi connectivity index (χ0) is 14.1. The first-order valence-electron chi connectivity index (χ1n) is 6.75. The quantitative estimate of drug-likeness (QED) is 0.523. The summed E-state index contributed by atoms with van der Waals surface area (Å²) in [6.07, 6.45) is 7.51. The van der Waals surface area contributed by atoms with E-state index in [1.807, 2.05) is 24.8 Å². The van der Waals surface area contributed by atoms with Crippen LogP contribution in [0.5, 0.6) is 0 Å². The zero-order valence-electron chi connectivity index (χ0n) is 11.2. The van der Waals surface area contributed by atoms with Crippen molar-refractivity contribution in [2.75, 3.05) is 0 Å². The average Bonchev–Trinajstić information content (AvgIpc) is 2.56. The summed E-state index contributed by atoms with van der Waals surface area (Å²) in [5, 5.41) is 4.82. The molecule has 3 heteroatoms. The maximum absolute atomic E-state index is 4.19. The molecule has 0 saturated carbocycles. The summed E-state index contributed by atoms with van der Waals surface area (Å²) in [6.45, 7) is 0. The molecule has 4 aromatic rings. The van der Waals surface area contributed by atoms with Crippen molar-refractivity contribution >= 4 is 33.3 Å². The Labute approximate surface area is 126 Å². The SMILES string of the molecule is c1cc(Sc2cccc3cnccc23)c2ccncc2c1. The largest absolute Gasteiger partial charge is 0.264 e. The van der Waals surface area contributed by atoms with Crippen LogP contribution < -0.4 is 0 Å². The van der Waals surface area contributed by atoms with Gasteiger partial charge in [-0.1, -0.05) is 36.0 Å². The van der Waals surface area contributed by atoms with Crippen LogP contribution in [0, 0.1) is 0 Å². The molecular formula is C18H12N2S. The molecule has 0 aliphatic heterocycles. The van der Waals surface area contributed by atoms with E-state index < -0.39 is 0 Å². The molecule has 100 valence electrons. The lowest BCUT2D eigenvalue weighted by Gasteiger charge is -2.08. The van der Waals surface area contributed by atoms with Gasteiger partial charge < -0.3 is 0 Å². The molecule has 0 aliphatic carbocycles. The van der Waals surface area contributed by atoms with E-state index >= 15 is 0 Å². The highest BCUT2D eigenvalue weighted by Crippen LogP contribution is 2.36. The molecule has 2 nitrogen and oxygen atoms in total. The van der Waals surface area contributed by atoms with Crippen LogP contribution in [0.2, 0.25) is 0 Å². The van der Waals surface area contributed by atoms with Gasteiger partial charge in [-0.25, -0.2) is 0 Å². The molecule has 0 unspecified atom stereocenters. The van der Waals surface area contributed by atoms with Crippen molar-refractivity contribution in [3.05, 3.63) is 73.3 Å². The summed E-state index contributed by atoms with van der Waals surface area (Å²) in [7, 11) is 0. The van der Waals surface area contributed by atoms with E-state index in [1.54, 1.807) is 11.8 Å². The summed E-state index contributed by atoms with van der Waals surface area (Å²) in [6, 6.07) is 16.8. The Hall–Kier alpha value is -2.39. The molecular weight excluding hydrogens is 276 g/mol. The number of hydrogen-bond acceptors (Lipinski definition) is 3. The number of aromatic nitrogens is 2. The van der Waals surface area contributed by atoms with E-state index in [9.17, 15) is 0 Å². The second kappa shape index (κ2) is 5.19. The molecule has 0 saturated heterocycles. The molecule has 0 atom stereocenters. The smallest absolute Gasteiger partial charge is 0.0346 e. The Morgan fingerprint density at radius 3 is 1.67 bits per heavy atom. The first kappa shape index (κ1) is 12.4. The number of hydrogen-bond donors (Lipinski definition) is 0. The van der Waals surface area contributed by atoms with E-state index in [2.05, 4.69) is 58.5 Å². The van der Waals surface area contributed by atoms with Gasteiger partial charge >= 0.3 is 0 Å². The Balaban J connectivity index is 1.87. The third-order valence-electron chi connectivity index (χ3n) is 3.50. The van der Waals surface area contributed by atoms with Gasteiger partial charge in [0, 0.05) is 45.4 Å². The molecule has 0 fully saturated rings. The Bertz CT molecular complexity index is 846. The second-order valence-corrected chi connectivity index (χ2v) is 5.89. The normalized spacial score (nSPS) is 11.0. The summed E-state index contributed by atoms with van der Waals surface area (Å²) >= 11 is 1.79. The van der Waals surface area contributed by atoms with Gasteiger partial charge in [0.2, 0.25) is 0 Å². The van der Waals surface area contributed by atoms with Gasteiger partial charge in [0.05, 0.1) is 0 Å². The summed E-state index contributed by atoms with van der Waals surface area (Å²) < 4.78 is 0. The van der Waals surface area contributed by atoms with Crippen molar-refractivity contribution in [3.8, 4) is 0 Å². The van der Waals surface area contributed by atoms with Gasteiger partial charge in [-0.3, -0.25) is 9.97 Å². The lowest BCUT2D eigenvalue weighted by Crippen LogP contribution is -1.82. The zero-order valence-corrected chi connectivity index (χ0v) is 12.0. The molecule has 2 aromatic heterocycles. The van der Waals surface area contributed by atoms with Crippen LogP contribution in [-0.2, 0) is 0 Å². The minimum atomic E-state index is 1.17. The van der Waals surface area contributed by atoms with Crippen LogP contribution in [0.15, 0.2) is 83.1 Å². The number of fused-ring (bicyclic) bond motifs is 2. The van der Waals surface area contributed by atoms with Crippen molar-refractivity contribution in [1.29, 1.82) is 0 Å². The van der Waals surface area contributed by atoms with E-state index in [4.69, 9.17) is 0 Å². The fraction of sp³-hybridized carbons (Fsp3) is 0. The molecule has 21 heavy (non-hydrogen) atoms. The fourth-order valence-electron chi connectivity index (χ4n) is 2.48. The van der Waals surface area contributed by atoms with Gasteiger partial charge in [0.25, 0.3) is 0 Å². The number of rotatable bonds is 2. The summed E-state index contributed by atoms with van der Waals surface area (Å²) in [5.74, 6) is 0. The van der Waals surface area contributed by atoms with Crippen LogP contribution in [-0.4, -0.2) is 9.97 Å². The monoisotopic (exact) mass is 288 g/mol. The van der Waals surface area contributed by atoms with Gasteiger partial charge in [0.15, 0.2) is 0 Å². The molecule has 4 rings (SSSR count). The van der Waals surface area contributed by atoms with Crippen molar-refractivity contribution in [2.45, 2.75) is 9.79 Å². The molecule has 2 heterocycles. The van der Waals surface area contributed by atoms with Crippen LogP contribution in [0.1, 0.15) is 0 Å². The maximum Gasteiger partial charge on any atom is 0.0346 e. The van der Waals surface area contributed by atoms with Crippen LogP contribution >= 0.6 is 11.8 Å². The molecule has 0 N–H and O–H groups in total. The van der Waals surface area contributed by atoms with E-state index in [0.29, 0.717) is 0 Å². The standard InChI is InChI=1S/C18H12N2S/c1-3-13-11-19-9-7-15(13)17(5-1)21-18-6-2-4-14-12-20-10-8-16(14)18/h1-12H. The third-order valence-corrected chi connectivity index (χ3v) is 4.65. The van der Waals surface area contributed by atoms with E-state index in [0.717, 1.165) is 0 Å². The lowest BCUT2D eigenvalue weighted by molar-refractivity contribution is 1.34. The van der Waals surface area contributed by atoms with Crippen LogP contribution in [0.25, 0.3) is 21.5 Å². The number of pyridine rings is 2. The Morgan fingerprint density at radius 2 is 1.14 bits per heavy atom. The molecule has 0 amide bonds. The molecule has 2 aromatic carbocycles. The fourth-order valence-corrected chi connectivity index (χ4v) is 3.60. The van der Waals surface area contributed by atoms with Gasteiger partial charge in [0.1, 0.15) is 0 Å². The van der Waals surface area contributed by atoms with Crippen molar-refractivity contribution in [3.63, 3.8) is 0 Å². The molecule has 0 spiro atoms. The highest BCUT2D eigenvalue weighted by molar-refractivity contribution is 7.99. The summed E-state index contributed by atoms with van der Waals surface area (Å²) in [5.41, 5.74) is 0. The predicted molar refractivity (Wildman–Crippen MR) is 87.6 cm³/mol. The molecule has 0 aliphatic rings. The van der Waals surface area contributed by atoms with Gasteiger partial charge in [-0.05, 0) is 35.0 Å². The van der Waals surface area contributed by atoms with Crippen molar-refractivity contribution in [1.82, 2.24) is 9.97 Å².